The number of aromatic nitrogens is 2. The predicted octanol–water partition coefficient (Wildman–Crippen LogP) is 1.32. The van der Waals surface area contributed by atoms with Crippen LogP contribution in [0.25, 0.3) is 0 Å². The minimum atomic E-state index is -0.683. The zero-order valence-corrected chi connectivity index (χ0v) is 14.7. The van der Waals surface area contributed by atoms with Crippen molar-refractivity contribution in [3.05, 3.63) is 45.5 Å². The van der Waals surface area contributed by atoms with Gasteiger partial charge in [0.05, 0.1) is 6.07 Å². The van der Waals surface area contributed by atoms with Crippen molar-refractivity contribution in [3.63, 3.8) is 0 Å². The summed E-state index contributed by atoms with van der Waals surface area (Å²) in [6.45, 7) is 2.30. The zero-order chi connectivity index (χ0) is 19.0. The number of piperazine rings is 1. The molecule has 4 heterocycles. The highest BCUT2D eigenvalue weighted by molar-refractivity contribution is 5.94. The second kappa shape index (κ2) is 6.86. The molecule has 4 rings (SSSR count). The second-order valence-electron chi connectivity index (χ2n) is 6.68. The molecule has 1 saturated heterocycles. The first-order valence-electron chi connectivity index (χ1n) is 8.92. The van der Waals surface area contributed by atoms with Gasteiger partial charge in [-0.1, -0.05) is 0 Å². The third-order valence-corrected chi connectivity index (χ3v) is 4.97. The minimum Gasteiger partial charge on any atom is -0.395 e. The molecule has 0 aromatic carbocycles. The van der Waals surface area contributed by atoms with Crippen LogP contribution in [0, 0.1) is 10.1 Å². The van der Waals surface area contributed by atoms with Crippen LogP contribution in [0.5, 0.6) is 0 Å². The molecule has 0 bridgehead atoms. The molecule has 10 heteroatoms. The second-order valence-corrected chi connectivity index (χ2v) is 6.68. The molecular weight excluding hydrogens is 354 g/mol. The number of amides is 2. The molecule has 0 aliphatic carbocycles. The smallest absolute Gasteiger partial charge is 0.395 e. The first kappa shape index (κ1) is 17.3. The molecule has 2 aliphatic heterocycles. The van der Waals surface area contributed by atoms with E-state index in [4.69, 9.17) is 4.42 Å². The van der Waals surface area contributed by atoms with Gasteiger partial charge in [0.2, 0.25) is 0 Å². The molecule has 0 radical (unpaired) electrons. The Morgan fingerprint density at radius 1 is 1.04 bits per heavy atom. The van der Waals surface area contributed by atoms with Crippen molar-refractivity contribution in [2.24, 2.45) is 0 Å². The summed E-state index contributed by atoms with van der Waals surface area (Å²) < 4.78 is 6.87. The quantitative estimate of drug-likeness (QED) is 0.592. The predicted molar refractivity (Wildman–Crippen MR) is 92.3 cm³/mol. The molecule has 0 unspecified atom stereocenters. The lowest BCUT2D eigenvalue weighted by Crippen LogP contribution is -2.50. The summed E-state index contributed by atoms with van der Waals surface area (Å²) in [5.41, 5.74) is 1.55. The standard InChI is InChI=1S/C17H19N5O5/c23-16(13-11-12-3-1-2-6-21(12)18-13)19-7-9-20(10-8-19)17(24)14-4-5-15(27-14)22(25)26/h4-5,11H,1-3,6-10H2. The Morgan fingerprint density at radius 3 is 2.37 bits per heavy atom. The molecule has 2 aliphatic rings. The highest BCUT2D eigenvalue weighted by Gasteiger charge is 2.29. The largest absolute Gasteiger partial charge is 0.433 e. The fourth-order valence-corrected chi connectivity index (χ4v) is 3.49. The molecule has 0 saturated carbocycles. The number of rotatable bonds is 3. The summed E-state index contributed by atoms with van der Waals surface area (Å²) in [6, 6.07) is 4.32. The molecule has 0 spiro atoms. The van der Waals surface area contributed by atoms with E-state index in [2.05, 4.69) is 5.10 Å². The fourth-order valence-electron chi connectivity index (χ4n) is 3.49. The van der Waals surface area contributed by atoms with E-state index in [0.717, 1.165) is 37.6 Å². The fraction of sp³-hybridized carbons (Fsp3) is 0.471. The third kappa shape index (κ3) is 3.29. The highest BCUT2D eigenvalue weighted by atomic mass is 16.6. The Hall–Kier alpha value is -3.17. The van der Waals surface area contributed by atoms with E-state index in [1.165, 1.54) is 11.0 Å². The molecule has 2 aromatic rings. The Bertz CT molecular complexity index is 870. The first-order valence-corrected chi connectivity index (χ1v) is 8.92. The topological polar surface area (TPSA) is 115 Å². The van der Waals surface area contributed by atoms with Crippen molar-refractivity contribution in [2.45, 2.75) is 25.8 Å². The van der Waals surface area contributed by atoms with Crippen molar-refractivity contribution < 1.29 is 18.9 Å². The lowest BCUT2D eigenvalue weighted by atomic mass is 10.1. The van der Waals surface area contributed by atoms with Gasteiger partial charge in [-0.3, -0.25) is 24.4 Å². The van der Waals surface area contributed by atoms with Gasteiger partial charge in [-0.2, -0.15) is 5.10 Å². The number of hydrogen-bond acceptors (Lipinski definition) is 6. The van der Waals surface area contributed by atoms with E-state index in [0.29, 0.717) is 31.9 Å². The summed E-state index contributed by atoms with van der Waals surface area (Å²) >= 11 is 0. The van der Waals surface area contributed by atoms with Crippen LogP contribution in [0.15, 0.2) is 22.6 Å². The van der Waals surface area contributed by atoms with Crippen molar-refractivity contribution in [2.75, 3.05) is 26.2 Å². The van der Waals surface area contributed by atoms with Gasteiger partial charge in [-0.25, -0.2) is 0 Å². The summed E-state index contributed by atoms with van der Waals surface area (Å²) in [6.07, 6.45) is 3.14. The lowest BCUT2D eigenvalue weighted by Gasteiger charge is -2.33. The Morgan fingerprint density at radius 2 is 1.74 bits per heavy atom. The molecule has 27 heavy (non-hydrogen) atoms. The van der Waals surface area contributed by atoms with Crippen molar-refractivity contribution in [1.29, 1.82) is 0 Å². The molecular formula is C17H19N5O5. The number of hydrogen-bond donors (Lipinski definition) is 0. The van der Waals surface area contributed by atoms with Crippen LogP contribution in [-0.4, -0.2) is 62.5 Å². The van der Waals surface area contributed by atoms with Crippen LogP contribution >= 0.6 is 0 Å². The van der Waals surface area contributed by atoms with E-state index >= 15 is 0 Å². The van der Waals surface area contributed by atoms with Crippen LogP contribution in [0.4, 0.5) is 5.88 Å². The van der Waals surface area contributed by atoms with Crippen LogP contribution in [0.3, 0.4) is 0 Å². The third-order valence-electron chi connectivity index (χ3n) is 4.97. The number of fused-ring (bicyclic) bond motifs is 1. The van der Waals surface area contributed by atoms with Crippen molar-refractivity contribution in [3.8, 4) is 0 Å². The van der Waals surface area contributed by atoms with Crippen LogP contribution in [0.2, 0.25) is 0 Å². The SMILES string of the molecule is O=C(c1cc2n(n1)CCCC2)N1CCN(C(=O)c2ccc([N+](=O)[O-])o2)CC1. The van der Waals surface area contributed by atoms with E-state index < -0.39 is 16.7 Å². The number of aryl methyl sites for hydroxylation is 2. The van der Waals surface area contributed by atoms with Gasteiger partial charge in [-0.15, -0.1) is 0 Å². The van der Waals surface area contributed by atoms with Crippen LogP contribution in [-0.2, 0) is 13.0 Å². The average Bonchev–Trinajstić information content (AvgIpc) is 3.34. The molecule has 142 valence electrons. The minimum absolute atomic E-state index is 0.0664. The number of nitrogens with zero attached hydrogens (tertiary/aromatic N) is 5. The summed E-state index contributed by atoms with van der Waals surface area (Å²) in [5.74, 6) is -1.07. The van der Waals surface area contributed by atoms with Crippen molar-refractivity contribution in [1.82, 2.24) is 19.6 Å². The van der Waals surface area contributed by atoms with Gasteiger partial charge in [0, 0.05) is 38.4 Å². The number of carbonyl (C=O) groups excluding carboxylic acids is 2. The first-order chi connectivity index (χ1) is 13.0. The van der Waals surface area contributed by atoms with Gasteiger partial charge in [0.15, 0.2) is 11.5 Å². The maximum absolute atomic E-state index is 12.7. The van der Waals surface area contributed by atoms with Gasteiger partial charge >= 0.3 is 5.88 Å². The Balaban J connectivity index is 1.38. The monoisotopic (exact) mass is 373 g/mol. The molecule has 10 nitrogen and oxygen atoms in total. The Labute approximate surface area is 154 Å². The lowest BCUT2D eigenvalue weighted by molar-refractivity contribution is -0.402. The van der Waals surface area contributed by atoms with Crippen LogP contribution in [0.1, 0.15) is 39.6 Å². The van der Waals surface area contributed by atoms with Crippen LogP contribution < -0.4 is 0 Å². The number of nitro groups is 1. The van der Waals surface area contributed by atoms with Gasteiger partial charge in [0.25, 0.3) is 11.8 Å². The summed E-state index contributed by atoms with van der Waals surface area (Å²) in [5, 5.41) is 15.1. The summed E-state index contributed by atoms with van der Waals surface area (Å²) in [7, 11) is 0. The van der Waals surface area contributed by atoms with Crippen molar-refractivity contribution >= 4 is 17.7 Å². The number of furan rings is 1. The molecule has 2 aromatic heterocycles. The average molecular weight is 373 g/mol. The molecule has 1 fully saturated rings. The van der Waals surface area contributed by atoms with Gasteiger partial charge < -0.3 is 14.2 Å². The Kier molecular flexibility index (Phi) is 4.38. The van der Waals surface area contributed by atoms with E-state index in [9.17, 15) is 19.7 Å². The molecule has 0 N–H and O–H groups in total. The molecule has 2 amide bonds. The van der Waals surface area contributed by atoms with Gasteiger partial charge in [-0.05, 0) is 31.4 Å². The molecule has 0 atom stereocenters. The van der Waals surface area contributed by atoms with E-state index in [1.54, 1.807) is 4.90 Å². The zero-order valence-electron chi connectivity index (χ0n) is 14.7. The van der Waals surface area contributed by atoms with E-state index in [1.807, 2.05) is 10.7 Å². The normalized spacial score (nSPS) is 16.9. The van der Waals surface area contributed by atoms with Gasteiger partial charge in [0.1, 0.15) is 4.92 Å². The summed E-state index contributed by atoms with van der Waals surface area (Å²) in [4.78, 5) is 38.3. The van der Waals surface area contributed by atoms with E-state index in [-0.39, 0.29) is 11.7 Å². The highest BCUT2D eigenvalue weighted by Crippen LogP contribution is 2.19. The maximum Gasteiger partial charge on any atom is 0.433 e. The maximum atomic E-state index is 12.7. The number of carbonyl (C=O) groups is 2.